The quantitative estimate of drug-likeness (QED) is 0.385. The summed E-state index contributed by atoms with van der Waals surface area (Å²) in [7, 11) is 0. The minimum absolute atomic E-state index is 0.0288. The number of benzene rings is 2. The molecule has 2 aromatic carbocycles. The lowest BCUT2D eigenvalue weighted by Gasteiger charge is -2.05. The van der Waals surface area contributed by atoms with Crippen LogP contribution in [0, 0.1) is 10.1 Å². The minimum Gasteiger partial charge on any atom is -0.456 e. The number of fused-ring (bicyclic) bond motifs is 1. The molecule has 1 amide bonds. The number of amides is 1. The van der Waals surface area contributed by atoms with Gasteiger partial charge in [0.1, 0.15) is 5.52 Å². The van der Waals surface area contributed by atoms with Crippen LogP contribution in [0.2, 0.25) is 0 Å². The van der Waals surface area contributed by atoms with Gasteiger partial charge in [-0.05, 0) is 24.3 Å². The van der Waals surface area contributed by atoms with Crippen molar-refractivity contribution in [1.29, 1.82) is 0 Å². The van der Waals surface area contributed by atoms with E-state index in [-0.39, 0.29) is 30.8 Å². The predicted octanol–water partition coefficient (Wildman–Crippen LogP) is 2.60. The average molecular weight is 369 g/mol. The summed E-state index contributed by atoms with van der Waals surface area (Å²) in [6.45, 7) is -0.0218. The van der Waals surface area contributed by atoms with Crippen LogP contribution < -0.4 is 5.32 Å². The van der Waals surface area contributed by atoms with Crippen molar-refractivity contribution in [1.82, 2.24) is 10.3 Å². The first-order chi connectivity index (χ1) is 13.0. The monoisotopic (exact) mass is 369 g/mol. The summed E-state index contributed by atoms with van der Waals surface area (Å²) in [6.07, 6.45) is -0.0288. The lowest BCUT2D eigenvalue weighted by Crippen LogP contribution is -2.26. The summed E-state index contributed by atoms with van der Waals surface area (Å²) >= 11 is 0. The molecule has 138 valence electrons. The van der Waals surface area contributed by atoms with Crippen molar-refractivity contribution in [3.8, 4) is 0 Å². The zero-order valence-electron chi connectivity index (χ0n) is 14.1. The van der Waals surface area contributed by atoms with Gasteiger partial charge < -0.3 is 14.5 Å². The number of para-hydroxylation sites is 2. The third kappa shape index (κ3) is 4.66. The number of nitro groups is 1. The number of nitrogens with zero attached hydrogens (tertiary/aromatic N) is 2. The first-order valence-corrected chi connectivity index (χ1v) is 8.05. The third-order valence-electron chi connectivity index (χ3n) is 3.65. The van der Waals surface area contributed by atoms with E-state index in [1.54, 1.807) is 12.1 Å². The molecule has 3 rings (SSSR count). The Morgan fingerprint density at radius 3 is 2.59 bits per heavy atom. The van der Waals surface area contributed by atoms with Gasteiger partial charge in [-0.3, -0.25) is 19.7 Å². The van der Waals surface area contributed by atoms with E-state index in [2.05, 4.69) is 10.3 Å². The summed E-state index contributed by atoms with van der Waals surface area (Å²) in [4.78, 5) is 37.9. The molecule has 9 nitrogen and oxygen atoms in total. The molecule has 3 aromatic rings. The zero-order valence-corrected chi connectivity index (χ0v) is 14.1. The van der Waals surface area contributed by atoms with Crippen LogP contribution in [-0.2, 0) is 16.1 Å². The van der Waals surface area contributed by atoms with Crippen molar-refractivity contribution in [3.63, 3.8) is 0 Å². The van der Waals surface area contributed by atoms with Gasteiger partial charge in [-0.2, -0.15) is 0 Å². The molecule has 0 bridgehead atoms. The fraction of sp³-hybridized carbons (Fsp3) is 0.167. The molecular formula is C18H15N3O6. The number of hydrogen-bond donors (Lipinski definition) is 1. The van der Waals surface area contributed by atoms with Crippen molar-refractivity contribution in [2.45, 2.75) is 13.0 Å². The van der Waals surface area contributed by atoms with Gasteiger partial charge in [0.2, 0.25) is 5.89 Å². The maximum Gasteiger partial charge on any atom is 0.308 e. The maximum atomic E-state index is 11.9. The standard InChI is InChI=1S/C18H15N3O6/c22-17(26-11-16-20-14-3-1-2-4-15(14)27-16)9-10-19-18(23)12-5-7-13(8-6-12)21(24)25/h1-8H,9-11H2,(H,19,23). The van der Waals surface area contributed by atoms with Crippen molar-refractivity contribution >= 4 is 28.7 Å². The van der Waals surface area contributed by atoms with Crippen LogP contribution in [0.25, 0.3) is 11.1 Å². The van der Waals surface area contributed by atoms with Crippen molar-refractivity contribution in [3.05, 3.63) is 70.1 Å². The molecule has 1 heterocycles. The molecule has 0 aliphatic carbocycles. The van der Waals surface area contributed by atoms with Crippen LogP contribution in [0.5, 0.6) is 0 Å². The van der Waals surface area contributed by atoms with E-state index in [0.717, 1.165) is 0 Å². The molecule has 27 heavy (non-hydrogen) atoms. The zero-order chi connectivity index (χ0) is 19.2. The molecule has 9 heteroatoms. The van der Waals surface area contributed by atoms with Gasteiger partial charge >= 0.3 is 5.97 Å². The summed E-state index contributed by atoms with van der Waals surface area (Å²) in [5.74, 6) is -0.655. The summed E-state index contributed by atoms with van der Waals surface area (Å²) in [5, 5.41) is 13.1. The number of ether oxygens (including phenoxy) is 1. The molecule has 0 unspecified atom stereocenters. The number of oxazole rings is 1. The summed E-state index contributed by atoms with van der Waals surface area (Å²) in [6, 6.07) is 12.4. The van der Waals surface area contributed by atoms with E-state index < -0.39 is 16.8 Å². The number of esters is 1. The Morgan fingerprint density at radius 1 is 1.15 bits per heavy atom. The van der Waals surface area contributed by atoms with Gasteiger partial charge in [-0.15, -0.1) is 0 Å². The number of nitro benzene ring substituents is 1. The highest BCUT2D eigenvalue weighted by molar-refractivity contribution is 5.94. The number of carbonyl (C=O) groups is 2. The summed E-state index contributed by atoms with van der Waals surface area (Å²) < 4.78 is 10.5. The largest absolute Gasteiger partial charge is 0.456 e. The first-order valence-electron chi connectivity index (χ1n) is 8.05. The molecule has 0 saturated heterocycles. The Kier molecular flexibility index (Phi) is 5.41. The van der Waals surface area contributed by atoms with Crippen molar-refractivity contribution in [2.75, 3.05) is 6.54 Å². The molecule has 0 aliphatic heterocycles. The summed E-state index contributed by atoms with van der Waals surface area (Å²) in [5.41, 5.74) is 1.45. The van der Waals surface area contributed by atoms with Crippen LogP contribution in [0.15, 0.2) is 52.9 Å². The van der Waals surface area contributed by atoms with E-state index in [0.29, 0.717) is 17.0 Å². The highest BCUT2D eigenvalue weighted by Gasteiger charge is 2.11. The van der Waals surface area contributed by atoms with Gasteiger partial charge in [0.15, 0.2) is 12.2 Å². The average Bonchev–Trinajstić information content (AvgIpc) is 3.09. The number of aromatic nitrogens is 1. The number of nitrogens with one attached hydrogen (secondary N) is 1. The molecule has 1 N–H and O–H groups in total. The smallest absolute Gasteiger partial charge is 0.308 e. The second-order valence-electron chi connectivity index (χ2n) is 5.55. The molecule has 0 fully saturated rings. The van der Waals surface area contributed by atoms with Crippen molar-refractivity contribution < 1.29 is 23.7 Å². The third-order valence-corrected chi connectivity index (χ3v) is 3.65. The van der Waals surface area contributed by atoms with Crippen LogP contribution >= 0.6 is 0 Å². The van der Waals surface area contributed by atoms with Crippen LogP contribution in [0.1, 0.15) is 22.7 Å². The SMILES string of the molecule is O=C(CCNC(=O)c1ccc([N+](=O)[O-])cc1)OCc1nc2ccccc2o1. The Hall–Kier alpha value is -3.75. The topological polar surface area (TPSA) is 125 Å². The number of non-ortho nitro benzene ring substituents is 1. The molecule has 0 spiro atoms. The second-order valence-corrected chi connectivity index (χ2v) is 5.55. The van der Waals surface area contributed by atoms with E-state index in [9.17, 15) is 19.7 Å². The van der Waals surface area contributed by atoms with Crippen LogP contribution in [-0.4, -0.2) is 28.3 Å². The highest BCUT2D eigenvalue weighted by Crippen LogP contribution is 2.15. The highest BCUT2D eigenvalue weighted by atomic mass is 16.6. The van der Waals surface area contributed by atoms with Crippen molar-refractivity contribution in [2.24, 2.45) is 0 Å². The fourth-order valence-electron chi connectivity index (χ4n) is 2.31. The molecule has 1 aromatic heterocycles. The first kappa shape index (κ1) is 18.1. The lowest BCUT2D eigenvalue weighted by molar-refractivity contribution is -0.384. The fourth-order valence-corrected chi connectivity index (χ4v) is 2.31. The van der Waals surface area contributed by atoms with Crippen LogP contribution in [0.4, 0.5) is 5.69 Å². The molecule has 0 aliphatic rings. The van der Waals surface area contributed by atoms with Gasteiger partial charge in [0, 0.05) is 24.2 Å². The van der Waals surface area contributed by atoms with E-state index in [4.69, 9.17) is 9.15 Å². The second kappa shape index (κ2) is 8.09. The van der Waals surface area contributed by atoms with E-state index in [1.807, 2.05) is 12.1 Å². The van der Waals surface area contributed by atoms with Gasteiger partial charge in [-0.25, -0.2) is 4.98 Å². The molecule has 0 saturated carbocycles. The normalized spacial score (nSPS) is 10.5. The minimum atomic E-state index is -0.547. The number of rotatable bonds is 7. The van der Waals surface area contributed by atoms with Gasteiger partial charge in [0.25, 0.3) is 11.6 Å². The van der Waals surface area contributed by atoms with Gasteiger partial charge in [-0.1, -0.05) is 12.1 Å². The maximum absolute atomic E-state index is 11.9. The van der Waals surface area contributed by atoms with Gasteiger partial charge in [0.05, 0.1) is 11.3 Å². The molecular weight excluding hydrogens is 354 g/mol. The van der Waals surface area contributed by atoms with E-state index >= 15 is 0 Å². The Labute approximate surface area is 153 Å². The number of carbonyl (C=O) groups excluding carboxylic acids is 2. The molecule has 0 atom stereocenters. The predicted molar refractivity (Wildman–Crippen MR) is 93.9 cm³/mol. The Morgan fingerprint density at radius 2 is 1.89 bits per heavy atom. The lowest BCUT2D eigenvalue weighted by atomic mass is 10.2. The Bertz CT molecular complexity index is 947. The van der Waals surface area contributed by atoms with Crippen LogP contribution in [0.3, 0.4) is 0 Å². The Balaban J connectivity index is 1.42. The number of hydrogen-bond acceptors (Lipinski definition) is 7. The van der Waals surface area contributed by atoms with E-state index in [1.165, 1.54) is 24.3 Å². The molecule has 0 radical (unpaired) electrons.